The molecule has 2 atom stereocenters. The number of fused-ring (bicyclic) bond motifs is 2. The van der Waals surface area contributed by atoms with Crippen LogP contribution in [-0.2, 0) is 19.2 Å². The third-order valence-corrected chi connectivity index (χ3v) is 8.91. The Labute approximate surface area is 198 Å². The van der Waals surface area contributed by atoms with E-state index in [9.17, 15) is 0 Å². The van der Waals surface area contributed by atoms with Gasteiger partial charge in [-0.2, -0.15) is 0 Å². The second kappa shape index (κ2) is 8.76. The van der Waals surface area contributed by atoms with E-state index in [1.165, 1.54) is 11.1 Å². The summed E-state index contributed by atoms with van der Waals surface area (Å²) in [4.78, 5) is 0. The molecule has 152 valence electrons. The number of halogens is 2. The van der Waals surface area contributed by atoms with Crippen LogP contribution in [0.1, 0.15) is 72.2 Å². The molecule has 0 N–H and O–H groups in total. The molecule has 0 fully saturated rings. The van der Waals surface area contributed by atoms with Crippen molar-refractivity contribution in [3.63, 3.8) is 0 Å². The minimum absolute atomic E-state index is 0. The average molecular weight is 461 g/mol. The molecule has 0 aromatic heterocycles. The number of rotatable bonds is 2. The van der Waals surface area contributed by atoms with E-state index in [0.717, 1.165) is 0 Å². The molecule has 0 aliphatic heterocycles. The predicted molar refractivity (Wildman–Crippen MR) is 113 cm³/mol. The van der Waals surface area contributed by atoms with Crippen LogP contribution in [0, 0.1) is 10.8 Å². The zero-order valence-corrected chi connectivity index (χ0v) is 21.3. The average Bonchev–Trinajstić information content (AvgIpc) is 3.14. The Morgan fingerprint density at radius 2 is 0.931 bits per heavy atom. The van der Waals surface area contributed by atoms with E-state index < -0.39 is 0 Å². The van der Waals surface area contributed by atoms with Crippen LogP contribution in [-0.4, -0.2) is 0 Å². The van der Waals surface area contributed by atoms with Gasteiger partial charge in [-0.1, -0.05) is 0 Å². The predicted octanol–water partition coefficient (Wildman–Crippen LogP) is 1.45. The van der Waals surface area contributed by atoms with Crippen LogP contribution >= 0.6 is 0 Å². The van der Waals surface area contributed by atoms with Crippen molar-refractivity contribution in [1.82, 2.24) is 0 Å². The first-order valence-electron chi connectivity index (χ1n) is 10.0. The van der Waals surface area contributed by atoms with Crippen molar-refractivity contribution >= 4 is 12.2 Å². The van der Waals surface area contributed by atoms with E-state index >= 15 is 0 Å². The number of hydrogen-bond donors (Lipinski definition) is 0. The maximum atomic E-state index is 2.49. The maximum absolute atomic E-state index is 2.49. The topological polar surface area (TPSA) is 0 Å². The minimum atomic E-state index is -0.283. The van der Waals surface area contributed by atoms with Crippen LogP contribution in [0.15, 0.2) is 59.7 Å². The standard InChI is InChI=1S/2C13H15.2ClH.Ti/c2*1-13(2,3)12-8-10-6-4-5-7-11(10)9-12;;;/h2*4-9H,1-3H3;2*1H;/q;;;;+2/p-2. The van der Waals surface area contributed by atoms with Crippen LogP contribution in [0.25, 0.3) is 12.2 Å². The fourth-order valence-corrected chi connectivity index (χ4v) is 8.55. The van der Waals surface area contributed by atoms with Gasteiger partial charge in [0.05, 0.1) is 0 Å². The van der Waals surface area contributed by atoms with Crippen LogP contribution in [0.3, 0.4) is 0 Å². The van der Waals surface area contributed by atoms with E-state index in [1.807, 2.05) is 0 Å². The molecule has 0 bridgehead atoms. The molecular formula is C26H30Cl2Ti. The molecule has 0 saturated carbocycles. The number of allylic oxidation sites excluding steroid dienone is 2. The largest absolute Gasteiger partial charge is 1.00 e. The van der Waals surface area contributed by atoms with Gasteiger partial charge in [-0.25, -0.2) is 0 Å². The van der Waals surface area contributed by atoms with Gasteiger partial charge in [0.15, 0.2) is 0 Å². The Hall–Kier alpha value is -0.786. The van der Waals surface area contributed by atoms with E-state index in [4.69, 9.17) is 0 Å². The zero-order valence-electron chi connectivity index (χ0n) is 18.2. The van der Waals surface area contributed by atoms with Crippen molar-refractivity contribution in [2.45, 2.75) is 50.0 Å². The Morgan fingerprint density at radius 3 is 1.28 bits per heavy atom. The summed E-state index contributed by atoms with van der Waals surface area (Å²) in [7, 11) is 0. The third-order valence-electron chi connectivity index (χ3n) is 5.92. The third kappa shape index (κ3) is 4.62. The first-order valence-corrected chi connectivity index (χ1v) is 11.8. The van der Waals surface area contributed by atoms with Gasteiger partial charge in [0.25, 0.3) is 0 Å². The molecule has 3 heteroatoms. The molecule has 29 heavy (non-hydrogen) atoms. The second-order valence-corrected chi connectivity index (χ2v) is 12.3. The molecule has 2 aliphatic rings. The summed E-state index contributed by atoms with van der Waals surface area (Å²) in [5.41, 5.74) is 9.75. The Bertz CT molecular complexity index is 864. The summed E-state index contributed by atoms with van der Waals surface area (Å²) in [5, 5.41) is 0. The molecule has 2 unspecified atom stereocenters. The molecule has 2 aliphatic carbocycles. The zero-order chi connectivity index (χ0) is 19.4. The number of hydrogen-bond acceptors (Lipinski definition) is 0. The molecule has 0 radical (unpaired) electrons. The maximum Gasteiger partial charge on any atom is -1.00 e. The molecule has 2 aromatic rings. The van der Waals surface area contributed by atoms with Crippen LogP contribution < -0.4 is 24.8 Å². The van der Waals surface area contributed by atoms with Crippen LogP contribution in [0.2, 0.25) is 0 Å². The number of benzene rings is 2. The van der Waals surface area contributed by atoms with Gasteiger partial charge in [0, 0.05) is 0 Å². The first-order chi connectivity index (χ1) is 12.7. The monoisotopic (exact) mass is 460 g/mol. The SMILES string of the molecule is CC(C)(C)C1=Cc2ccccc2[CH]1[Ti+2][CH]1C(C(C)(C)C)=Cc2ccccc21.[Cl-].[Cl-]. The molecule has 0 saturated heterocycles. The Morgan fingerprint density at radius 1 is 0.586 bits per heavy atom. The van der Waals surface area contributed by atoms with Gasteiger partial charge in [0.1, 0.15) is 0 Å². The summed E-state index contributed by atoms with van der Waals surface area (Å²) in [6.07, 6.45) is 4.98. The molecule has 2 aromatic carbocycles. The molecular weight excluding hydrogens is 431 g/mol. The fraction of sp³-hybridized carbons (Fsp3) is 0.385. The summed E-state index contributed by atoms with van der Waals surface area (Å²) >= 11 is -0.283. The first kappa shape index (κ1) is 24.5. The summed E-state index contributed by atoms with van der Waals surface area (Å²) < 4.78 is 1.26. The van der Waals surface area contributed by atoms with Gasteiger partial charge < -0.3 is 24.8 Å². The van der Waals surface area contributed by atoms with Crippen molar-refractivity contribution in [2.75, 3.05) is 0 Å². The summed E-state index contributed by atoms with van der Waals surface area (Å²) in [6.45, 7) is 14.3. The quantitative estimate of drug-likeness (QED) is 0.595. The fourth-order valence-electron chi connectivity index (χ4n) is 4.47. The van der Waals surface area contributed by atoms with E-state index in [0.29, 0.717) is 8.45 Å². The van der Waals surface area contributed by atoms with Gasteiger partial charge in [-0.3, -0.25) is 0 Å². The normalized spacial score (nSPS) is 19.8. The molecule has 0 heterocycles. The van der Waals surface area contributed by atoms with Crippen LogP contribution in [0.4, 0.5) is 0 Å². The van der Waals surface area contributed by atoms with Gasteiger partial charge in [-0.15, -0.1) is 0 Å². The van der Waals surface area contributed by atoms with Gasteiger partial charge in [-0.05, 0) is 0 Å². The van der Waals surface area contributed by atoms with Gasteiger partial charge in [0.2, 0.25) is 0 Å². The Balaban J connectivity index is 0.00000150. The van der Waals surface area contributed by atoms with Gasteiger partial charge >= 0.3 is 174 Å². The summed E-state index contributed by atoms with van der Waals surface area (Å²) in [6, 6.07) is 18.2. The van der Waals surface area contributed by atoms with Crippen molar-refractivity contribution in [2.24, 2.45) is 10.8 Å². The smallest absolute Gasteiger partial charge is 1.00 e. The van der Waals surface area contributed by atoms with Crippen molar-refractivity contribution < 1.29 is 44.0 Å². The Kier molecular flexibility index (Phi) is 7.39. The molecule has 0 nitrogen and oxygen atoms in total. The molecule has 4 rings (SSSR count). The van der Waals surface area contributed by atoms with E-state index in [1.54, 1.807) is 22.3 Å². The molecule has 0 spiro atoms. The summed E-state index contributed by atoms with van der Waals surface area (Å²) in [5.74, 6) is 0. The van der Waals surface area contributed by atoms with Crippen molar-refractivity contribution in [3.05, 3.63) is 81.9 Å². The molecule has 0 amide bonds. The van der Waals surface area contributed by atoms with Crippen LogP contribution in [0.5, 0.6) is 0 Å². The van der Waals surface area contributed by atoms with E-state index in [-0.39, 0.29) is 54.8 Å². The minimum Gasteiger partial charge on any atom is -1.00 e. The van der Waals surface area contributed by atoms with Crippen molar-refractivity contribution in [3.8, 4) is 0 Å². The van der Waals surface area contributed by atoms with E-state index in [2.05, 4.69) is 102 Å². The second-order valence-electron chi connectivity index (χ2n) is 9.99. The van der Waals surface area contributed by atoms with Crippen molar-refractivity contribution in [1.29, 1.82) is 0 Å².